The number of hydrogen-bond acceptors (Lipinski definition) is 6. The predicted molar refractivity (Wildman–Crippen MR) is 103 cm³/mol. The summed E-state index contributed by atoms with van der Waals surface area (Å²) in [7, 11) is 0. The summed E-state index contributed by atoms with van der Waals surface area (Å²) in [5.74, 6) is 1.86. The summed E-state index contributed by atoms with van der Waals surface area (Å²) in [4.78, 5) is 23.0. The van der Waals surface area contributed by atoms with Gasteiger partial charge >= 0.3 is 0 Å². The summed E-state index contributed by atoms with van der Waals surface area (Å²) < 4.78 is 11.3. The third kappa shape index (κ3) is 4.95. The average molecular weight is 384 g/mol. The number of likely N-dealkylation sites (tertiary alicyclic amines) is 1. The smallest absolute Gasteiger partial charge is 0.252 e. The van der Waals surface area contributed by atoms with Gasteiger partial charge in [-0.2, -0.15) is 4.98 Å². The minimum absolute atomic E-state index is 0.0281. The van der Waals surface area contributed by atoms with Crippen LogP contribution in [0.4, 0.5) is 0 Å². The van der Waals surface area contributed by atoms with E-state index in [4.69, 9.17) is 9.26 Å². The number of rotatable bonds is 6. The Kier molecular flexibility index (Phi) is 6.31. The second-order valence-corrected chi connectivity index (χ2v) is 7.87. The van der Waals surface area contributed by atoms with Crippen molar-refractivity contribution in [1.82, 2.24) is 20.0 Å². The first-order valence-corrected chi connectivity index (χ1v) is 10.4. The van der Waals surface area contributed by atoms with Crippen molar-refractivity contribution in [1.29, 1.82) is 0 Å². The summed E-state index contributed by atoms with van der Waals surface area (Å²) in [5.41, 5.74) is 0.863. The third-order valence-electron chi connectivity index (χ3n) is 5.77. The number of aromatic nitrogens is 3. The van der Waals surface area contributed by atoms with Crippen LogP contribution in [-0.4, -0.2) is 45.1 Å². The van der Waals surface area contributed by atoms with E-state index in [0.29, 0.717) is 30.6 Å². The van der Waals surface area contributed by atoms with Crippen LogP contribution in [-0.2, 0) is 16.1 Å². The zero-order chi connectivity index (χ0) is 19.2. The lowest BCUT2D eigenvalue weighted by Gasteiger charge is -2.33. The normalized spacial score (nSPS) is 21.0. The fourth-order valence-corrected chi connectivity index (χ4v) is 4.19. The Balaban J connectivity index is 1.26. The van der Waals surface area contributed by atoms with Gasteiger partial charge in [-0.15, -0.1) is 0 Å². The van der Waals surface area contributed by atoms with Crippen LogP contribution in [0.2, 0.25) is 0 Å². The molecule has 0 N–H and O–H groups in total. The lowest BCUT2D eigenvalue weighted by atomic mass is 9.86. The molecule has 1 saturated carbocycles. The minimum atomic E-state index is 0.0281. The Morgan fingerprint density at radius 2 is 1.96 bits per heavy atom. The van der Waals surface area contributed by atoms with Crippen LogP contribution in [0.25, 0.3) is 11.4 Å². The number of pyridine rings is 1. The van der Waals surface area contributed by atoms with E-state index < -0.39 is 0 Å². The van der Waals surface area contributed by atoms with Crippen LogP contribution >= 0.6 is 0 Å². The molecule has 3 heterocycles. The van der Waals surface area contributed by atoms with E-state index >= 15 is 0 Å². The molecule has 4 rings (SSSR count). The first-order chi connectivity index (χ1) is 13.8. The van der Waals surface area contributed by atoms with E-state index in [1.165, 1.54) is 32.1 Å². The van der Waals surface area contributed by atoms with Crippen LogP contribution < -0.4 is 0 Å². The van der Waals surface area contributed by atoms with Gasteiger partial charge in [-0.05, 0) is 43.7 Å². The number of piperidine rings is 1. The van der Waals surface area contributed by atoms with Crippen LogP contribution in [0.3, 0.4) is 0 Å². The molecule has 0 bridgehead atoms. The molecule has 1 aliphatic heterocycles. The first kappa shape index (κ1) is 19.1. The number of nitrogens with zero attached hydrogens (tertiary/aromatic N) is 4. The molecule has 2 aromatic heterocycles. The van der Waals surface area contributed by atoms with Gasteiger partial charge in [-0.25, -0.2) is 0 Å². The molecule has 1 atom stereocenters. The highest BCUT2D eigenvalue weighted by atomic mass is 16.5. The Labute approximate surface area is 165 Å². The lowest BCUT2D eigenvalue weighted by Crippen LogP contribution is -2.43. The molecular weight excluding hydrogens is 356 g/mol. The van der Waals surface area contributed by atoms with Crippen molar-refractivity contribution >= 4 is 5.91 Å². The summed E-state index contributed by atoms with van der Waals surface area (Å²) in [6.45, 7) is 1.78. The Morgan fingerprint density at radius 1 is 1.14 bits per heavy atom. The highest BCUT2D eigenvalue weighted by molar-refractivity contribution is 5.76. The molecule has 1 unspecified atom stereocenters. The maximum absolute atomic E-state index is 12.7. The molecule has 1 amide bonds. The van der Waals surface area contributed by atoms with Crippen molar-refractivity contribution in [2.45, 2.75) is 64.1 Å². The van der Waals surface area contributed by atoms with Gasteiger partial charge in [0, 0.05) is 37.5 Å². The van der Waals surface area contributed by atoms with E-state index in [9.17, 15) is 4.79 Å². The molecule has 7 nitrogen and oxygen atoms in total. The molecule has 2 aliphatic rings. The van der Waals surface area contributed by atoms with Crippen molar-refractivity contribution in [3.8, 4) is 11.4 Å². The van der Waals surface area contributed by atoms with Gasteiger partial charge in [0.1, 0.15) is 6.61 Å². The highest BCUT2D eigenvalue weighted by Gasteiger charge is 2.27. The first-order valence-electron chi connectivity index (χ1n) is 10.4. The van der Waals surface area contributed by atoms with Gasteiger partial charge in [-0.3, -0.25) is 9.78 Å². The number of amides is 1. The van der Waals surface area contributed by atoms with Crippen molar-refractivity contribution in [2.24, 2.45) is 5.92 Å². The van der Waals surface area contributed by atoms with E-state index in [2.05, 4.69) is 15.1 Å². The van der Waals surface area contributed by atoms with E-state index in [0.717, 1.165) is 24.9 Å². The fourth-order valence-electron chi connectivity index (χ4n) is 4.19. The second kappa shape index (κ2) is 9.28. The van der Waals surface area contributed by atoms with Gasteiger partial charge in [0.05, 0.1) is 6.10 Å². The van der Waals surface area contributed by atoms with Crippen molar-refractivity contribution in [3.05, 3.63) is 30.4 Å². The van der Waals surface area contributed by atoms with Crippen LogP contribution in [0.1, 0.15) is 57.3 Å². The fraction of sp³-hybridized carbons (Fsp3) is 0.619. The second-order valence-electron chi connectivity index (χ2n) is 7.87. The molecule has 0 aromatic carbocycles. The van der Waals surface area contributed by atoms with Crippen molar-refractivity contribution < 1.29 is 14.1 Å². The van der Waals surface area contributed by atoms with Gasteiger partial charge in [0.25, 0.3) is 5.89 Å². The third-order valence-corrected chi connectivity index (χ3v) is 5.77. The molecule has 28 heavy (non-hydrogen) atoms. The molecule has 0 radical (unpaired) electrons. The van der Waals surface area contributed by atoms with Crippen LogP contribution in [0.5, 0.6) is 0 Å². The topological polar surface area (TPSA) is 81.4 Å². The molecule has 2 aromatic rings. The van der Waals surface area contributed by atoms with Crippen molar-refractivity contribution in [2.75, 3.05) is 13.1 Å². The Hall–Kier alpha value is -2.28. The standard InChI is InChI=1S/C21H28N4O3/c26-20(13-16-5-2-1-3-6-16)25-12-4-7-18(14-25)27-15-19-23-21(24-28-19)17-8-10-22-11-9-17/h8-11,16,18H,1-7,12-15H2. The maximum atomic E-state index is 12.7. The predicted octanol–water partition coefficient (Wildman–Crippen LogP) is 3.61. The van der Waals surface area contributed by atoms with Crippen molar-refractivity contribution in [3.63, 3.8) is 0 Å². The largest absolute Gasteiger partial charge is 0.367 e. The van der Waals surface area contributed by atoms with Crippen LogP contribution in [0, 0.1) is 5.92 Å². The molecule has 0 spiro atoms. The van der Waals surface area contributed by atoms with Gasteiger partial charge in [-0.1, -0.05) is 24.4 Å². The SMILES string of the molecule is O=C(CC1CCCCC1)N1CCCC(OCc2nc(-c3ccncc3)no2)C1. The monoisotopic (exact) mass is 384 g/mol. The molecule has 2 fully saturated rings. The summed E-state index contributed by atoms with van der Waals surface area (Å²) in [5, 5.41) is 4.00. The average Bonchev–Trinajstić information content (AvgIpc) is 3.23. The zero-order valence-electron chi connectivity index (χ0n) is 16.3. The molecule has 1 aliphatic carbocycles. The molecule has 7 heteroatoms. The Morgan fingerprint density at radius 3 is 2.79 bits per heavy atom. The maximum Gasteiger partial charge on any atom is 0.252 e. The lowest BCUT2D eigenvalue weighted by molar-refractivity contribution is -0.137. The van der Waals surface area contributed by atoms with Crippen LogP contribution in [0.15, 0.2) is 29.0 Å². The van der Waals surface area contributed by atoms with Gasteiger partial charge < -0.3 is 14.2 Å². The van der Waals surface area contributed by atoms with E-state index in [-0.39, 0.29) is 18.6 Å². The molecular formula is C21H28N4O3. The number of ether oxygens (including phenoxy) is 1. The zero-order valence-corrected chi connectivity index (χ0v) is 16.3. The number of carbonyl (C=O) groups is 1. The Bertz CT molecular complexity index is 758. The summed E-state index contributed by atoms with van der Waals surface area (Å²) in [6.07, 6.45) is 12.3. The summed E-state index contributed by atoms with van der Waals surface area (Å²) >= 11 is 0. The molecule has 1 saturated heterocycles. The van der Waals surface area contributed by atoms with E-state index in [1.807, 2.05) is 17.0 Å². The van der Waals surface area contributed by atoms with E-state index in [1.54, 1.807) is 12.4 Å². The quantitative estimate of drug-likeness (QED) is 0.757. The summed E-state index contributed by atoms with van der Waals surface area (Å²) in [6, 6.07) is 3.68. The minimum Gasteiger partial charge on any atom is -0.367 e. The molecule has 150 valence electrons. The van der Waals surface area contributed by atoms with Gasteiger partial charge in [0.15, 0.2) is 0 Å². The van der Waals surface area contributed by atoms with Gasteiger partial charge in [0.2, 0.25) is 11.7 Å². The number of carbonyl (C=O) groups excluding carboxylic acids is 1. The number of hydrogen-bond donors (Lipinski definition) is 0. The highest BCUT2D eigenvalue weighted by Crippen LogP contribution is 2.27.